The number of halogens is 1. The lowest BCUT2D eigenvalue weighted by molar-refractivity contribution is 0.836. The average molecular weight is 274 g/mol. The molecular weight excluding hydrogens is 262 g/mol. The number of rotatable bonds is 3. The predicted octanol–water partition coefficient (Wildman–Crippen LogP) is 1.33. The lowest BCUT2D eigenvalue weighted by atomic mass is 10.1. The minimum Gasteiger partial charge on any atom is -0.361 e. The zero-order valence-electron chi connectivity index (χ0n) is 7.59. The van der Waals surface area contributed by atoms with Gasteiger partial charge in [-0.1, -0.05) is 28.1 Å². The van der Waals surface area contributed by atoms with Crippen molar-refractivity contribution in [2.75, 3.05) is 6.54 Å². The standard InChI is InChI=1S/C9H12BrN3S/c10-8-3-1-2-7(6-8)4-5-12-9(14)13-11/h1-3,6H,4-5,11H2,(H2,12,13,14). The van der Waals surface area contributed by atoms with Crippen LogP contribution in [0.4, 0.5) is 0 Å². The van der Waals surface area contributed by atoms with Crippen LogP contribution in [0.5, 0.6) is 0 Å². The van der Waals surface area contributed by atoms with Crippen LogP contribution in [-0.4, -0.2) is 11.7 Å². The molecule has 1 rings (SSSR count). The summed E-state index contributed by atoms with van der Waals surface area (Å²) in [6.07, 6.45) is 0.918. The lowest BCUT2D eigenvalue weighted by Crippen LogP contribution is -2.40. The highest BCUT2D eigenvalue weighted by Gasteiger charge is 1.95. The van der Waals surface area contributed by atoms with Gasteiger partial charge in [-0.15, -0.1) is 0 Å². The maximum atomic E-state index is 5.11. The lowest BCUT2D eigenvalue weighted by Gasteiger charge is -2.06. The SMILES string of the molecule is NNC(=S)NCCc1cccc(Br)c1. The van der Waals surface area contributed by atoms with E-state index in [1.807, 2.05) is 12.1 Å². The molecule has 0 aliphatic carbocycles. The fraction of sp³-hybridized carbons (Fsp3) is 0.222. The third-order valence-corrected chi connectivity index (χ3v) is 2.47. The smallest absolute Gasteiger partial charge is 0.180 e. The monoisotopic (exact) mass is 273 g/mol. The van der Waals surface area contributed by atoms with E-state index in [1.165, 1.54) is 5.56 Å². The van der Waals surface area contributed by atoms with Crippen LogP contribution in [0.2, 0.25) is 0 Å². The first kappa shape index (κ1) is 11.4. The molecule has 4 N–H and O–H groups in total. The van der Waals surface area contributed by atoms with Crippen LogP contribution < -0.4 is 16.6 Å². The summed E-state index contributed by atoms with van der Waals surface area (Å²) in [6.45, 7) is 0.777. The van der Waals surface area contributed by atoms with Crippen LogP contribution in [-0.2, 0) is 6.42 Å². The zero-order chi connectivity index (χ0) is 10.4. The zero-order valence-corrected chi connectivity index (χ0v) is 9.99. The molecule has 0 spiro atoms. The second kappa shape index (κ2) is 5.95. The molecule has 0 aliphatic heterocycles. The maximum Gasteiger partial charge on any atom is 0.180 e. The van der Waals surface area contributed by atoms with Crippen molar-refractivity contribution in [3.63, 3.8) is 0 Å². The molecule has 3 nitrogen and oxygen atoms in total. The Morgan fingerprint density at radius 1 is 1.50 bits per heavy atom. The Bertz CT molecular complexity index is 317. The molecule has 0 saturated heterocycles. The fourth-order valence-corrected chi connectivity index (χ4v) is 1.61. The van der Waals surface area contributed by atoms with Gasteiger partial charge in [0.1, 0.15) is 0 Å². The van der Waals surface area contributed by atoms with Gasteiger partial charge in [0.25, 0.3) is 0 Å². The van der Waals surface area contributed by atoms with Gasteiger partial charge in [-0.3, -0.25) is 0 Å². The van der Waals surface area contributed by atoms with Gasteiger partial charge >= 0.3 is 0 Å². The van der Waals surface area contributed by atoms with Crippen LogP contribution in [0.1, 0.15) is 5.56 Å². The molecule has 0 amide bonds. The molecule has 0 unspecified atom stereocenters. The quantitative estimate of drug-likeness (QED) is 0.442. The van der Waals surface area contributed by atoms with Gasteiger partial charge in [-0.25, -0.2) is 5.84 Å². The molecule has 5 heteroatoms. The summed E-state index contributed by atoms with van der Waals surface area (Å²) in [5.74, 6) is 5.11. The molecule has 0 radical (unpaired) electrons. The van der Waals surface area contributed by atoms with E-state index < -0.39 is 0 Å². The first-order chi connectivity index (χ1) is 6.72. The van der Waals surface area contributed by atoms with Gasteiger partial charge in [0.2, 0.25) is 0 Å². The Morgan fingerprint density at radius 3 is 2.93 bits per heavy atom. The summed E-state index contributed by atoms with van der Waals surface area (Å²) in [6, 6.07) is 8.17. The highest BCUT2D eigenvalue weighted by molar-refractivity contribution is 9.10. The molecule has 0 aromatic heterocycles. The average Bonchev–Trinajstić information content (AvgIpc) is 2.17. The Hall–Kier alpha value is -0.650. The Kier molecular flexibility index (Phi) is 4.86. The molecule has 0 atom stereocenters. The van der Waals surface area contributed by atoms with Gasteiger partial charge in [-0.2, -0.15) is 0 Å². The van der Waals surface area contributed by atoms with Crippen LogP contribution in [0.25, 0.3) is 0 Å². The van der Waals surface area contributed by atoms with E-state index >= 15 is 0 Å². The molecule has 0 aliphatic rings. The van der Waals surface area contributed by atoms with Gasteiger partial charge in [0.05, 0.1) is 0 Å². The van der Waals surface area contributed by atoms with E-state index in [-0.39, 0.29) is 0 Å². The summed E-state index contributed by atoms with van der Waals surface area (Å²) >= 11 is 8.26. The normalized spacial score (nSPS) is 9.57. The third kappa shape index (κ3) is 4.04. The summed E-state index contributed by atoms with van der Waals surface area (Å²) in [5, 5.41) is 3.45. The van der Waals surface area contributed by atoms with E-state index in [2.05, 4.69) is 38.8 Å². The number of nitrogens with one attached hydrogen (secondary N) is 2. The highest BCUT2D eigenvalue weighted by Crippen LogP contribution is 2.11. The van der Waals surface area contributed by atoms with Crippen LogP contribution in [0, 0.1) is 0 Å². The number of hydrazine groups is 1. The van der Waals surface area contributed by atoms with Crippen LogP contribution >= 0.6 is 28.1 Å². The third-order valence-electron chi connectivity index (χ3n) is 1.72. The Morgan fingerprint density at radius 2 is 2.29 bits per heavy atom. The predicted molar refractivity (Wildman–Crippen MR) is 65.8 cm³/mol. The number of nitrogens with two attached hydrogens (primary N) is 1. The molecular formula is C9H12BrN3S. The number of benzene rings is 1. The van der Waals surface area contributed by atoms with Crippen molar-refractivity contribution in [2.45, 2.75) is 6.42 Å². The molecule has 76 valence electrons. The van der Waals surface area contributed by atoms with Crippen molar-refractivity contribution in [1.29, 1.82) is 0 Å². The summed E-state index contributed by atoms with van der Waals surface area (Å²) in [4.78, 5) is 0. The van der Waals surface area contributed by atoms with Gasteiger partial charge in [-0.05, 0) is 36.3 Å². The number of hydrogen-bond donors (Lipinski definition) is 3. The second-order valence-corrected chi connectivity index (χ2v) is 4.10. The van der Waals surface area contributed by atoms with Gasteiger partial charge < -0.3 is 10.7 Å². The van der Waals surface area contributed by atoms with Gasteiger partial charge in [0, 0.05) is 11.0 Å². The van der Waals surface area contributed by atoms with E-state index in [1.54, 1.807) is 0 Å². The highest BCUT2D eigenvalue weighted by atomic mass is 79.9. The van der Waals surface area contributed by atoms with Crippen LogP contribution in [0.15, 0.2) is 28.7 Å². The molecule has 0 saturated carbocycles. The largest absolute Gasteiger partial charge is 0.361 e. The summed E-state index contributed by atoms with van der Waals surface area (Å²) < 4.78 is 1.09. The number of thiocarbonyl (C=S) groups is 1. The van der Waals surface area contributed by atoms with E-state index in [0.717, 1.165) is 17.4 Å². The minimum atomic E-state index is 0.472. The Balaban J connectivity index is 2.35. The molecule has 0 fully saturated rings. The minimum absolute atomic E-state index is 0.472. The maximum absolute atomic E-state index is 5.11. The summed E-state index contributed by atoms with van der Waals surface area (Å²) in [5.41, 5.74) is 3.63. The molecule has 0 heterocycles. The first-order valence-electron chi connectivity index (χ1n) is 4.21. The number of hydrogen-bond acceptors (Lipinski definition) is 2. The van der Waals surface area contributed by atoms with Crippen LogP contribution in [0.3, 0.4) is 0 Å². The van der Waals surface area contributed by atoms with Gasteiger partial charge in [0.15, 0.2) is 5.11 Å². The van der Waals surface area contributed by atoms with Crippen molar-refractivity contribution < 1.29 is 0 Å². The Labute approximate surface area is 97.2 Å². The molecule has 1 aromatic rings. The van der Waals surface area contributed by atoms with Crippen molar-refractivity contribution in [3.05, 3.63) is 34.3 Å². The van der Waals surface area contributed by atoms with E-state index in [0.29, 0.717) is 5.11 Å². The molecule has 0 bridgehead atoms. The van der Waals surface area contributed by atoms with Crippen molar-refractivity contribution >= 4 is 33.3 Å². The van der Waals surface area contributed by atoms with E-state index in [4.69, 9.17) is 18.1 Å². The van der Waals surface area contributed by atoms with E-state index in [9.17, 15) is 0 Å². The van der Waals surface area contributed by atoms with Crippen molar-refractivity contribution in [3.8, 4) is 0 Å². The van der Waals surface area contributed by atoms with Crippen molar-refractivity contribution in [2.24, 2.45) is 5.84 Å². The first-order valence-corrected chi connectivity index (χ1v) is 5.41. The fourth-order valence-electron chi connectivity index (χ4n) is 1.06. The summed E-state index contributed by atoms with van der Waals surface area (Å²) in [7, 11) is 0. The van der Waals surface area contributed by atoms with Crippen molar-refractivity contribution in [1.82, 2.24) is 10.7 Å². The second-order valence-electron chi connectivity index (χ2n) is 2.78. The topological polar surface area (TPSA) is 50.1 Å². The molecule has 14 heavy (non-hydrogen) atoms. The molecule has 1 aromatic carbocycles.